The molecular formula is C6H12EsN-. The normalized spacial score (nSPS) is 21.0. The maximum absolute atomic E-state index is 4.27. The van der Waals surface area contributed by atoms with E-state index in [1.165, 1.54) is 25.7 Å². The second-order valence-electron chi connectivity index (χ2n) is 2.09. The third-order valence-electron chi connectivity index (χ3n) is 1.38. The minimum Gasteiger partial charge on any atom is -0.662 e. The molecule has 1 rings (SSSR count). The van der Waals surface area contributed by atoms with Crippen molar-refractivity contribution in [2.24, 2.45) is 0 Å². The quantitative estimate of drug-likeness (QED) is 0.634. The van der Waals surface area contributed by atoms with Crippen molar-refractivity contribution in [3.8, 4) is 0 Å². The summed E-state index contributed by atoms with van der Waals surface area (Å²) in [5.41, 5.74) is 0. The van der Waals surface area contributed by atoms with Gasteiger partial charge in [-0.3, -0.25) is 0 Å². The Bertz CT molecular complexity index is 28.1. The number of rotatable bonds is 0. The molecule has 8 heavy (non-hydrogen) atoms. The minimum atomic E-state index is 0. The van der Waals surface area contributed by atoms with Gasteiger partial charge >= 0.3 is 0 Å². The molecule has 2 heteroatoms. The average Bonchev–Trinajstić information content (AvgIpc) is 1.90. The van der Waals surface area contributed by atoms with Crippen molar-refractivity contribution in [1.82, 2.24) is 0 Å². The molecule has 1 radical (unpaired) electrons. The van der Waals surface area contributed by atoms with Gasteiger partial charge in [0.25, 0.3) is 0 Å². The molecule has 0 amide bonds. The van der Waals surface area contributed by atoms with Gasteiger partial charge in [0.2, 0.25) is 0 Å². The van der Waals surface area contributed by atoms with Crippen LogP contribution < -0.4 is 0 Å². The molecular weight excluding hydrogens is 338 g/mol. The zero-order valence-electron chi connectivity index (χ0n) is 4.99. The van der Waals surface area contributed by atoms with Crippen LogP contribution in [0.5, 0.6) is 0 Å². The molecule has 0 aliphatic carbocycles. The molecule has 1 nitrogen and oxygen atoms in total. The summed E-state index contributed by atoms with van der Waals surface area (Å²) in [6, 6.07) is 0. The summed E-state index contributed by atoms with van der Waals surface area (Å²) in [7, 11) is 0. The van der Waals surface area contributed by atoms with E-state index in [1.807, 2.05) is 0 Å². The van der Waals surface area contributed by atoms with E-state index >= 15 is 0 Å². The van der Waals surface area contributed by atoms with Crippen molar-refractivity contribution in [3.63, 3.8) is 0 Å². The predicted octanol–water partition coefficient (Wildman–Crippen LogP) is 1.93. The van der Waals surface area contributed by atoms with Gasteiger partial charge in [-0.1, -0.05) is 25.7 Å². The van der Waals surface area contributed by atoms with Crippen LogP contribution in [0.1, 0.15) is 25.7 Å². The van der Waals surface area contributed by atoms with E-state index in [9.17, 15) is 0 Å². The van der Waals surface area contributed by atoms with Crippen LogP contribution in [0.2, 0.25) is 0 Å². The van der Waals surface area contributed by atoms with Crippen LogP contribution in [0, 0.1) is 0 Å². The van der Waals surface area contributed by atoms with E-state index in [4.69, 9.17) is 0 Å². The Morgan fingerprint density at radius 2 is 1.25 bits per heavy atom. The first kappa shape index (κ1) is 6.96. The Morgan fingerprint density at radius 1 is 0.750 bits per heavy atom. The van der Waals surface area contributed by atoms with Crippen molar-refractivity contribution >= 4 is 0 Å². The fourth-order valence-corrected chi connectivity index (χ4v) is 0.913. The van der Waals surface area contributed by atoms with Crippen LogP contribution in [-0.2, 0) is 0 Å². The van der Waals surface area contributed by atoms with Gasteiger partial charge in [0.15, 0.2) is 0 Å². The summed E-state index contributed by atoms with van der Waals surface area (Å²) in [6.45, 7) is 2.25. The molecule has 1 aliphatic heterocycles. The second kappa shape index (κ2) is 4.13. The van der Waals surface area contributed by atoms with Gasteiger partial charge in [0.1, 0.15) is 0 Å². The smallest absolute Gasteiger partial charge is 0 e. The van der Waals surface area contributed by atoms with Gasteiger partial charge in [-0.25, -0.2) is 0 Å². The van der Waals surface area contributed by atoms with E-state index in [2.05, 4.69) is 5.32 Å². The van der Waals surface area contributed by atoms with Gasteiger partial charge in [0, 0.05) is 0 Å². The molecule has 0 aromatic rings. The first-order valence-corrected chi connectivity index (χ1v) is 3.13. The molecule has 0 bridgehead atoms. The molecule has 0 unspecified atom stereocenters. The van der Waals surface area contributed by atoms with E-state index in [0.717, 1.165) is 13.1 Å². The van der Waals surface area contributed by atoms with E-state index < -0.39 is 0 Å². The number of nitrogens with zero attached hydrogens (tertiary/aromatic N) is 1. The molecule has 0 spiro atoms. The summed E-state index contributed by atoms with van der Waals surface area (Å²) >= 11 is 0. The summed E-state index contributed by atoms with van der Waals surface area (Å²) in [5.74, 6) is 0. The molecule has 1 aliphatic rings. The Balaban J connectivity index is 0.000000490. The number of hydrogen-bond acceptors (Lipinski definition) is 0. The molecule has 0 aromatic carbocycles. The Kier molecular flexibility index (Phi) is 3.59. The summed E-state index contributed by atoms with van der Waals surface area (Å²) < 4.78 is 0. The van der Waals surface area contributed by atoms with Crippen LogP contribution in [0.25, 0.3) is 5.32 Å². The Labute approximate surface area is 45.1 Å². The van der Waals surface area contributed by atoms with Crippen molar-refractivity contribution in [1.29, 1.82) is 0 Å². The second-order valence-corrected chi connectivity index (χ2v) is 2.09. The summed E-state index contributed by atoms with van der Waals surface area (Å²) in [6.07, 6.45) is 5.48. The van der Waals surface area contributed by atoms with E-state index in [0.29, 0.717) is 0 Å². The van der Waals surface area contributed by atoms with E-state index in [-0.39, 0.29) is 0 Å². The van der Waals surface area contributed by atoms with Crippen LogP contribution in [0.15, 0.2) is 0 Å². The van der Waals surface area contributed by atoms with Crippen LogP contribution in [-0.4, -0.2) is 13.1 Å². The van der Waals surface area contributed by atoms with Crippen molar-refractivity contribution in [2.45, 2.75) is 25.7 Å². The molecule has 1 heterocycles. The largest absolute Gasteiger partial charge is 0.662 e. The Hall–Kier alpha value is -1.04. The SMILES string of the molecule is C1CCC[N-]CC1.[Es]. The van der Waals surface area contributed by atoms with Gasteiger partial charge in [-0.15, -0.1) is 13.1 Å². The average molecular weight is 350 g/mol. The van der Waals surface area contributed by atoms with Crippen LogP contribution in [0.4, 0.5) is 0 Å². The van der Waals surface area contributed by atoms with E-state index in [1.54, 1.807) is 0 Å². The summed E-state index contributed by atoms with van der Waals surface area (Å²) in [4.78, 5) is 0. The molecule has 1 saturated heterocycles. The fraction of sp³-hybridized carbons (Fsp3) is 1.00. The van der Waals surface area contributed by atoms with Crippen molar-refractivity contribution in [3.05, 3.63) is 5.32 Å². The van der Waals surface area contributed by atoms with Crippen molar-refractivity contribution in [2.75, 3.05) is 13.1 Å². The first-order chi connectivity index (χ1) is 3.50. The van der Waals surface area contributed by atoms with Gasteiger partial charge in [-0.2, -0.15) is 0 Å². The summed E-state index contributed by atoms with van der Waals surface area (Å²) in [5, 5.41) is 4.27. The standard InChI is InChI=1S/C6H12N.Es/c1-2-4-6-7-5-3-1;/h1-6H2;/q-1;. The van der Waals surface area contributed by atoms with Crippen molar-refractivity contribution < 1.29 is 0 Å². The van der Waals surface area contributed by atoms with Gasteiger partial charge in [-0.05, 0) is 0 Å². The van der Waals surface area contributed by atoms with Gasteiger partial charge in [0.05, 0.1) is 0 Å². The molecule has 53 valence electrons. The zero-order valence-corrected chi connectivity index (χ0v) is 7.50. The fourth-order valence-electron chi connectivity index (χ4n) is 0.913. The molecule has 1 fully saturated rings. The zero-order chi connectivity index (χ0) is 4.95. The third kappa shape index (κ3) is 2.19. The third-order valence-corrected chi connectivity index (χ3v) is 1.38. The number of hydrogen-bond donors (Lipinski definition) is 0. The predicted molar refractivity (Wildman–Crippen MR) is 31.6 cm³/mol. The topological polar surface area (TPSA) is 14.1 Å². The Morgan fingerprint density at radius 3 is 1.75 bits per heavy atom. The molecule has 0 aromatic heterocycles. The first-order valence-electron chi connectivity index (χ1n) is 3.13. The molecule has 0 N–H and O–H groups in total. The molecule has 0 saturated carbocycles. The maximum atomic E-state index is 4.27. The molecule has 0 atom stereocenters. The van der Waals surface area contributed by atoms with Crippen LogP contribution >= 0.6 is 0 Å². The monoisotopic (exact) mass is 350 g/mol. The van der Waals surface area contributed by atoms with Gasteiger partial charge < -0.3 is 5.32 Å². The van der Waals surface area contributed by atoms with Crippen LogP contribution in [0.3, 0.4) is 0 Å². The minimum absolute atomic E-state index is 0. The maximum Gasteiger partial charge on any atom is 0 e.